The summed E-state index contributed by atoms with van der Waals surface area (Å²) in [5.74, 6) is 0.651. The van der Waals surface area contributed by atoms with Crippen LogP contribution in [0.15, 0.2) is 35.1 Å². The molecule has 0 N–H and O–H groups in total. The fraction of sp³-hybridized carbons (Fsp3) is 0.250. The normalized spacial score (nSPS) is 13.8. The molecule has 0 bridgehead atoms. The fourth-order valence-corrected chi connectivity index (χ4v) is 2.61. The number of pyridine rings is 1. The Morgan fingerprint density at radius 2 is 2.10 bits per heavy atom. The van der Waals surface area contributed by atoms with Crippen LogP contribution >= 0.6 is 11.6 Å². The SMILES string of the molecule is COc1ccc(Cl)cc1-c1ccc(C#N)c(=O)n1C1CC1. The lowest BCUT2D eigenvalue weighted by Crippen LogP contribution is -2.23. The van der Waals surface area contributed by atoms with Gasteiger partial charge in [-0.2, -0.15) is 5.26 Å². The average Bonchev–Trinajstić information content (AvgIpc) is 3.31. The van der Waals surface area contributed by atoms with Crippen molar-refractivity contribution in [3.05, 3.63) is 51.3 Å². The number of ether oxygens (including phenoxy) is 1. The summed E-state index contributed by atoms with van der Waals surface area (Å²) in [6.45, 7) is 0. The summed E-state index contributed by atoms with van der Waals surface area (Å²) >= 11 is 6.07. The molecule has 1 fully saturated rings. The van der Waals surface area contributed by atoms with Crippen molar-refractivity contribution < 1.29 is 4.74 Å². The number of rotatable bonds is 3. The molecule has 1 heterocycles. The Balaban J connectivity index is 2.29. The van der Waals surface area contributed by atoms with Crippen LogP contribution in [0.4, 0.5) is 0 Å². The van der Waals surface area contributed by atoms with Gasteiger partial charge in [-0.05, 0) is 43.2 Å². The molecule has 0 atom stereocenters. The summed E-state index contributed by atoms with van der Waals surface area (Å²) in [6, 6.07) is 10.7. The molecule has 0 saturated heterocycles. The predicted octanol–water partition coefficient (Wildman–Crippen LogP) is 3.38. The Bertz CT molecular complexity index is 801. The second kappa shape index (κ2) is 5.27. The van der Waals surface area contributed by atoms with Crippen LogP contribution in [0.3, 0.4) is 0 Å². The van der Waals surface area contributed by atoms with E-state index in [-0.39, 0.29) is 17.2 Å². The molecule has 0 aliphatic heterocycles. The molecule has 1 aliphatic rings. The molecule has 1 aromatic heterocycles. The molecule has 2 aromatic rings. The van der Waals surface area contributed by atoms with E-state index < -0.39 is 0 Å². The summed E-state index contributed by atoms with van der Waals surface area (Å²) in [4.78, 5) is 12.4. The van der Waals surface area contributed by atoms with E-state index >= 15 is 0 Å². The molecule has 1 saturated carbocycles. The van der Waals surface area contributed by atoms with Gasteiger partial charge in [-0.3, -0.25) is 4.79 Å². The maximum atomic E-state index is 12.4. The van der Waals surface area contributed by atoms with E-state index in [0.29, 0.717) is 10.8 Å². The van der Waals surface area contributed by atoms with Crippen LogP contribution in [0.2, 0.25) is 5.02 Å². The molecule has 0 spiro atoms. The van der Waals surface area contributed by atoms with Crippen LogP contribution in [0, 0.1) is 11.3 Å². The number of methoxy groups -OCH3 is 1. The van der Waals surface area contributed by atoms with Gasteiger partial charge < -0.3 is 9.30 Å². The first-order chi connectivity index (χ1) is 10.2. The van der Waals surface area contributed by atoms with Crippen molar-refractivity contribution in [1.82, 2.24) is 4.57 Å². The maximum Gasteiger partial charge on any atom is 0.269 e. The second-order valence-electron chi connectivity index (χ2n) is 4.99. The van der Waals surface area contributed by atoms with Crippen LogP contribution in [0.5, 0.6) is 5.75 Å². The maximum absolute atomic E-state index is 12.4. The van der Waals surface area contributed by atoms with Gasteiger partial charge in [-0.1, -0.05) is 11.6 Å². The summed E-state index contributed by atoms with van der Waals surface area (Å²) in [6.07, 6.45) is 1.90. The van der Waals surface area contributed by atoms with Crippen LogP contribution < -0.4 is 10.3 Å². The first-order valence-corrected chi connectivity index (χ1v) is 7.03. The molecule has 0 unspecified atom stereocenters. The van der Waals surface area contributed by atoms with Crippen molar-refractivity contribution in [3.8, 4) is 23.1 Å². The second-order valence-corrected chi connectivity index (χ2v) is 5.43. The molecule has 0 amide bonds. The number of nitrogens with zero attached hydrogens (tertiary/aromatic N) is 2. The van der Waals surface area contributed by atoms with Crippen LogP contribution in [0.1, 0.15) is 24.4 Å². The average molecular weight is 301 g/mol. The number of aromatic nitrogens is 1. The largest absolute Gasteiger partial charge is 0.496 e. The smallest absolute Gasteiger partial charge is 0.269 e. The van der Waals surface area contributed by atoms with E-state index in [1.807, 2.05) is 6.07 Å². The zero-order valence-electron chi connectivity index (χ0n) is 11.5. The van der Waals surface area contributed by atoms with E-state index in [9.17, 15) is 4.79 Å². The standard InChI is InChI=1S/C16H13ClN2O2/c1-21-15-7-3-11(17)8-13(15)14-6-2-10(9-18)16(20)19(14)12-4-5-12/h2-3,6-8,12H,4-5H2,1H3. The summed E-state index contributed by atoms with van der Waals surface area (Å²) in [5.41, 5.74) is 1.41. The number of hydrogen-bond acceptors (Lipinski definition) is 3. The monoisotopic (exact) mass is 300 g/mol. The van der Waals surface area contributed by atoms with Crippen molar-refractivity contribution >= 4 is 11.6 Å². The third kappa shape index (κ3) is 2.41. The van der Waals surface area contributed by atoms with Crippen molar-refractivity contribution in [2.45, 2.75) is 18.9 Å². The van der Waals surface area contributed by atoms with E-state index in [0.717, 1.165) is 24.1 Å². The van der Waals surface area contributed by atoms with E-state index in [1.165, 1.54) is 0 Å². The lowest BCUT2D eigenvalue weighted by Gasteiger charge is -2.15. The number of halogens is 1. The lowest BCUT2D eigenvalue weighted by atomic mass is 10.1. The quantitative estimate of drug-likeness (QED) is 0.873. The van der Waals surface area contributed by atoms with E-state index in [2.05, 4.69) is 0 Å². The summed E-state index contributed by atoms with van der Waals surface area (Å²) in [7, 11) is 1.58. The molecule has 3 rings (SSSR count). The summed E-state index contributed by atoms with van der Waals surface area (Å²) < 4.78 is 7.05. The molecular formula is C16H13ClN2O2. The molecule has 21 heavy (non-hydrogen) atoms. The van der Waals surface area contributed by atoms with Crippen molar-refractivity contribution in [1.29, 1.82) is 5.26 Å². The van der Waals surface area contributed by atoms with Crippen molar-refractivity contribution in [3.63, 3.8) is 0 Å². The van der Waals surface area contributed by atoms with Gasteiger partial charge in [0.15, 0.2) is 0 Å². The Labute approximate surface area is 127 Å². The Morgan fingerprint density at radius 1 is 1.33 bits per heavy atom. The third-order valence-corrected chi connectivity index (χ3v) is 3.82. The van der Waals surface area contributed by atoms with Gasteiger partial charge >= 0.3 is 0 Å². The van der Waals surface area contributed by atoms with Gasteiger partial charge in [-0.15, -0.1) is 0 Å². The lowest BCUT2D eigenvalue weighted by molar-refractivity contribution is 0.416. The molecule has 1 aromatic carbocycles. The summed E-state index contributed by atoms with van der Waals surface area (Å²) in [5, 5.41) is 9.62. The number of benzene rings is 1. The third-order valence-electron chi connectivity index (χ3n) is 3.59. The molecule has 1 aliphatic carbocycles. The minimum Gasteiger partial charge on any atom is -0.496 e. The van der Waals surface area contributed by atoms with Crippen molar-refractivity contribution in [2.75, 3.05) is 7.11 Å². The minimum atomic E-state index is -0.250. The predicted molar refractivity (Wildman–Crippen MR) is 80.7 cm³/mol. The van der Waals surface area contributed by atoms with Crippen molar-refractivity contribution in [2.24, 2.45) is 0 Å². The zero-order chi connectivity index (χ0) is 15.0. The molecule has 0 radical (unpaired) electrons. The van der Waals surface area contributed by atoms with Gasteiger partial charge in [-0.25, -0.2) is 0 Å². The van der Waals surface area contributed by atoms with Crippen LogP contribution in [-0.2, 0) is 0 Å². The zero-order valence-corrected chi connectivity index (χ0v) is 12.2. The Morgan fingerprint density at radius 3 is 2.71 bits per heavy atom. The highest BCUT2D eigenvalue weighted by Gasteiger charge is 2.28. The number of hydrogen-bond donors (Lipinski definition) is 0. The highest BCUT2D eigenvalue weighted by Crippen LogP contribution is 2.39. The molecule has 5 heteroatoms. The topological polar surface area (TPSA) is 55.0 Å². The van der Waals surface area contributed by atoms with Gasteiger partial charge in [0.25, 0.3) is 5.56 Å². The Kier molecular flexibility index (Phi) is 3.44. The fourth-order valence-electron chi connectivity index (χ4n) is 2.43. The molecule has 106 valence electrons. The first kappa shape index (κ1) is 13.7. The van der Waals surface area contributed by atoms with Gasteiger partial charge in [0.1, 0.15) is 17.4 Å². The van der Waals surface area contributed by atoms with E-state index in [1.54, 1.807) is 42.0 Å². The van der Waals surface area contributed by atoms with Crippen LogP contribution in [-0.4, -0.2) is 11.7 Å². The molecular weight excluding hydrogens is 288 g/mol. The highest BCUT2D eigenvalue weighted by atomic mass is 35.5. The first-order valence-electron chi connectivity index (χ1n) is 6.65. The Hall–Kier alpha value is -2.25. The molecule has 4 nitrogen and oxygen atoms in total. The van der Waals surface area contributed by atoms with Gasteiger partial charge in [0, 0.05) is 16.6 Å². The van der Waals surface area contributed by atoms with Gasteiger partial charge in [0.2, 0.25) is 0 Å². The van der Waals surface area contributed by atoms with Crippen LogP contribution in [0.25, 0.3) is 11.3 Å². The van der Waals surface area contributed by atoms with E-state index in [4.69, 9.17) is 21.6 Å². The van der Waals surface area contributed by atoms with Gasteiger partial charge in [0.05, 0.1) is 12.8 Å². The highest BCUT2D eigenvalue weighted by molar-refractivity contribution is 6.30. The minimum absolute atomic E-state index is 0.157. The number of nitriles is 1.